The normalized spacial score (nSPS) is 9.74. The number of aliphatic hydroxyl groups is 1. The van der Waals surface area contributed by atoms with E-state index in [1.165, 1.54) is 0 Å². The fourth-order valence-corrected chi connectivity index (χ4v) is 1.65. The number of anilines is 1. The minimum absolute atomic E-state index is 0.0970. The van der Waals surface area contributed by atoms with Crippen LogP contribution in [0.5, 0.6) is 0 Å². The Hall–Kier alpha value is -1.99. The van der Waals surface area contributed by atoms with E-state index in [0.717, 1.165) is 23.2 Å². The maximum absolute atomic E-state index is 11.7. The first-order valence-electron chi connectivity index (χ1n) is 6.37. The van der Waals surface area contributed by atoms with E-state index < -0.39 is 0 Å². The number of rotatable bonds is 3. The molecule has 0 aliphatic rings. The topological polar surface area (TPSA) is 61.4 Å². The third-order valence-electron chi connectivity index (χ3n) is 2.47. The molecule has 2 amide bonds. The predicted molar refractivity (Wildman–Crippen MR) is 77.1 cm³/mol. The summed E-state index contributed by atoms with van der Waals surface area (Å²) in [4.78, 5) is 11.7. The average Bonchev–Trinajstić information content (AvgIpc) is 2.36. The lowest BCUT2D eigenvalue weighted by atomic mass is 10.1. The van der Waals surface area contributed by atoms with Crippen molar-refractivity contribution in [1.29, 1.82) is 0 Å². The van der Waals surface area contributed by atoms with Crippen LogP contribution >= 0.6 is 0 Å². The largest absolute Gasteiger partial charge is 0.384 e. The van der Waals surface area contributed by atoms with Crippen LogP contribution in [0.25, 0.3) is 0 Å². The molecule has 1 rings (SSSR count). The number of amides is 2. The second-order valence-electron chi connectivity index (χ2n) is 4.44. The van der Waals surface area contributed by atoms with E-state index in [9.17, 15) is 4.79 Å². The summed E-state index contributed by atoms with van der Waals surface area (Å²) in [6.45, 7) is 5.68. The second-order valence-corrected chi connectivity index (χ2v) is 4.44. The summed E-state index contributed by atoms with van der Waals surface area (Å²) in [5.41, 5.74) is 2.64. The average molecular weight is 260 g/mol. The monoisotopic (exact) mass is 260 g/mol. The van der Waals surface area contributed by atoms with Gasteiger partial charge in [-0.2, -0.15) is 0 Å². The van der Waals surface area contributed by atoms with Crippen LogP contribution in [0.3, 0.4) is 0 Å². The van der Waals surface area contributed by atoms with Gasteiger partial charge >= 0.3 is 6.03 Å². The van der Waals surface area contributed by atoms with Crippen molar-refractivity contribution < 1.29 is 9.90 Å². The molecule has 0 unspecified atom stereocenters. The summed E-state index contributed by atoms with van der Waals surface area (Å²) in [5.74, 6) is 5.46. The molecular weight excluding hydrogens is 240 g/mol. The summed E-state index contributed by atoms with van der Waals surface area (Å²) in [6.07, 6.45) is 0.798. The standard InChI is InChI=1S/C15H20N2O2/c1-4-13-10-12(6-5-9-18)7-8-14(13)17-15(19)16-11(2)3/h7-8,10-11,18H,4,9H2,1-3H3,(H2,16,17,19). The Morgan fingerprint density at radius 3 is 2.74 bits per heavy atom. The van der Waals surface area contributed by atoms with Gasteiger partial charge < -0.3 is 15.7 Å². The molecule has 4 nitrogen and oxygen atoms in total. The van der Waals surface area contributed by atoms with Gasteiger partial charge in [0.05, 0.1) is 0 Å². The molecule has 0 aromatic heterocycles. The van der Waals surface area contributed by atoms with Crippen LogP contribution in [0.1, 0.15) is 31.9 Å². The van der Waals surface area contributed by atoms with Gasteiger partial charge in [-0.1, -0.05) is 18.8 Å². The molecule has 0 aliphatic carbocycles. The van der Waals surface area contributed by atoms with Gasteiger partial charge in [0.1, 0.15) is 6.61 Å². The van der Waals surface area contributed by atoms with Crippen LogP contribution in [-0.2, 0) is 6.42 Å². The van der Waals surface area contributed by atoms with Gasteiger partial charge in [0.25, 0.3) is 0 Å². The summed E-state index contributed by atoms with van der Waals surface area (Å²) in [6, 6.07) is 5.47. The van der Waals surface area contributed by atoms with Crippen molar-refractivity contribution in [3.05, 3.63) is 29.3 Å². The lowest BCUT2D eigenvalue weighted by Crippen LogP contribution is -2.34. The Morgan fingerprint density at radius 1 is 1.42 bits per heavy atom. The number of benzene rings is 1. The minimum atomic E-state index is -0.209. The number of carbonyl (C=O) groups is 1. The quantitative estimate of drug-likeness (QED) is 0.729. The molecule has 0 saturated heterocycles. The van der Waals surface area contributed by atoms with Gasteiger partial charge in [-0.15, -0.1) is 0 Å². The van der Waals surface area contributed by atoms with E-state index in [1.54, 1.807) is 0 Å². The molecule has 3 N–H and O–H groups in total. The second kappa shape index (κ2) is 7.45. The highest BCUT2D eigenvalue weighted by atomic mass is 16.2. The third-order valence-corrected chi connectivity index (χ3v) is 2.47. The van der Waals surface area contributed by atoms with Gasteiger partial charge in [-0.3, -0.25) is 0 Å². The van der Waals surface area contributed by atoms with Crippen LogP contribution in [0, 0.1) is 11.8 Å². The fourth-order valence-electron chi connectivity index (χ4n) is 1.65. The summed E-state index contributed by atoms with van der Waals surface area (Å²) < 4.78 is 0. The molecule has 0 saturated carbocycles. The molecule has 0 atom stereocenters. The number of hydrogen-bond donors (Lipinski definition) is 3. The van der Waals surface area contributed by atoms with E-state index in [1.807, 2.05) is 39.0 Å². The highest BCUT2D eigenvalue weighted by molar-refractivity contribution is 5.90. The number of carbonyl (C=O) groups excluding carboxylic acids is 1. The van der Waals surface area contributed by atoms with E-state index >= 15 is 0 Å². The van der Waals surface area contributed by atoms with Crippen molar-refractivity contribution in [3.63, 3.8) is 0 Å². The van der Waals surface area contributed by atoms with Crippen LogP contribution in [0.2, 0.25) is 0 Å². The first kappa shape index (κ1) is 15.1. The van der Waals surface area contributed by atoms with Gasteiger partial charge in [0.2, 0.25) is 0 Å². The maximum atomic E-state index is 11.7. The number of hydrogen-bond acceptors (Lipinski definition) is 2. The maximum Gasteiger partial charge on any atom is 0.319 e. The van der Waals surface area contributed by atoms with E-state index in [-0.39, 0.29) is 18.7 Å². The van der Waals surface area contributed by atoms with Gasteiger partial charge in [0, 0.05) is 17.3 Å². The van der Waals surface area contributed by atoms with Crippen molar-refractivity contribution in [2.24, 2.45) is 0 Å². The molecule has 19 heavy (non-hydrogen) atoms. The van der Waals surface area contributed by atoms with Crippen molar-refractivity contribution in [3.8, 4) is 11.8 Å². The van der Waals surface area contributed by atoms with Crippen molar-refractivity contribution in [2.45, 2.75) is 33.2 Å². The van der Waals surface area contributed by atoms with Gasteiger partial charge in [0.15, 0.2) is 0 Å². The van der Waals surface area contributed by atoms with Crippen LogP contribution in [0.15, 0.2) is 18.2 Å². The van der Waals surface area contributed by atoms with Crippen LogP contribution in [-0.4, -0.2) is 23.8 Å². The number of aryl methyl sites for hydroxylation is 1. The Morgan fingerprint density at radius 2 is 2.16 bits per heavy atom. The van der Waals surface area contributed by atoms with E-state index in [4.69, 9.17) is 5.11 Å². The summed E-state index contributed by atoms with van der Waals surface area (Å²) >= 11 is 0. The number of nitrogens with one attached hydrogen (secondary N) is 2. The van der Waals surface area contributed by atoms with Crippen molar-refractivity contribution in [2.75, 3.05) is 11.9 Å². The highest BCUT2D eigenvalue weighted by Gasteiger charge is 2.07. The summed E-state index contributed by atoms with van der Waals surface area (Å²) in [7, 11) is 0. The van der Waals surface area contributed by atoms with Gasteiger partial charge in [-0.25, -0.2) is 4.79 Å². The Bertz CT molecular complexity index is 499. The molecule has 102 valence electrons. The Kier molecular flexibility index (Phi) is 5.91. The minimum Gasteiger partial charge on any atom is -0.384 e. The Balaban J connectivity index is 2.87. The number of urea groups is 1. The third kappa shape index (κ3) is 5.02. The molecule has 0 fully saturated rings. The molecule has 0 heterocycles. The number of aliphatic hydroxyl groups excluding tert-OH is 1. The predicted octanol–water partition coefficient (Wildman–Crippen LogP) is 2.12. The lowest BCUT2D eigenvalue weighted by molar-refractivity contribution is 0.250. The van der Waals surface area contributed by atoms with E-state index in [2.05, 4.69) is 22.5 Å². The Labute approximate surface area is 114 Å². The molecule has 4 heteroatoms. The smallest absolute Gasteiger partial charge is 0.319 e. The zero-order valence-electron chi connectivity index (χ0n) is 11.6. The zero-order chi connectivity index (χ0) is 14.3. The highest BCUT2D eigenvalue weighted by Crippen LogP contribution is 2.18. The first-order valence-corrected chi connectivity index (χ1v) is 6.37. The molecule has 0 bridgehead atoms. The van der Waals surface area contributed by atoms with Crippen molar-refractivity contribution >= 4 is 11.7 Å². The first-order chi connectivity index (χ1) is 9.06. The molecule has 1 aromatic carbocycles. The van der Waals surface area contributed by atoms with E-state index in [0.29, 0.717) is 0 Å². The molecule has 1 aromatic rings. The molecule has 0 aliphatic heterocycles. The lowest BCUT2D eigenvalue weighted by Gasteiger charge is -2.13. The fraction of sp³-hybridized carbons (Fsp3) is 0.400. The molecule has 0 radical (unpaired) electrons. The van der Waals surface area contributed by atoms with Crippen LogP contribution < -0.4 is 10.6 Å². The van der Waals surface area contributed by atoms with Crippen molar-refractivity contribution in [1.82, 2.24) is 5.32 Å². The molecular formula is C15H20N2O2. The van der Waals surface area contributed by atoms with Crippen LogP contribution in [0.4, 0.5) is 10.5 Å². The zero-order valence-corrected chi connectivity index (χ0v) is 11.6. The SMILES string of the molecule is CCc1cc(C#CCO)ccc1NC(=O)NC(C)C. The molecule has 0 spiro atoms. The van der Waals surface area contributed by atoms with Gasteiger partial charge in [-0.05, 0) is 44.0 Å². The summed E-state index contributed by atoms with van der Waals surface area (Å²) in [5, 5.41) is 14.3.